The second-order valence-corrected chi connectivity index (χ2v) is 7.78. The van der Waals surface area contributed by atoms with Gasteiger partial charge in [-0.15, -0.1) is 0 Å². The van der Waals surface area contributed by atoms with Crippen LogP contribution in [0.5, 0.6) is 0 Å². The van der Waals surface area contributed by atoms with Crippen LogP contribution in [-0.2, 0) is 4.43 Å². The largest absolute Gasteiger partial charge is 0.545 e. The molecule has 1 saturated heterocycles. The molecule has 0 amide bonds. The molecule has 19 heavy (non-hydrogen) atoms. The first-order valence-electron chi connectivity index (χ1n) is 7.47. The Morgan fingerprint density at radius 2 is 2.11 bits per heavy atom. The van der Waals surface area contributed by atoms with Gasteiger partial charge < -0.3 is 14.6 Å². The second kappa shape index (κ2) is 6.85. The lowest BCUT2D eigenvalue weighted by atomic mass is 10.0. The lowest BCUT2D eigenvalue weighted by Crippen LogP contribution is -2.22. The van der Waals surface area contributed by atoms with Crippen molar-refractivity contribution in [1.82, 2.24) is 10.2 Å². The predicted molar refractivity (Wildman–Crippen MR) is 83.3 cm³/mol. The van der Waals surface area contributed by atoms with E-state index in [-0.39, 0.29) is 0 Å². The molecular formula is C15H26N2OSi. The summed E-state index contributed by atoms with van der Waals surface area (Å²) in [5, 5.41) is 3.43. The molecule has 1 aliphatic carbocycles. The van der Waals surface area contributed by atoms with Gasteiger partial charge >= 0.3 is 0 Å². The summed E-state index contributed by atoms with van der Waals surface area (Å²) in [6.07, 6.45) is 10.3. The molecule has 3 nitrogen and oxygen atoms in total. The number of hydrogen-bond donors (Lipinski definition) is 1. The molecule has 0 saturated carbocycles. The lowest BCUT2D eigenvalue weighted by molar-refractivity contribution is 0.421. The van der Waals surface area contributed by atoms with Crippen LogP contribution < -0.4 is 5.32 Å². The first-order chi connectivity index (χ1) is 9.20. The van der Waals surface area contributed by atoms with Crippen LogP contribution in [0.15, 0.2) is 35.4 Å². The van der Waals surface area contributed by atoms with E-state index in [4.69, 9.17) is 4.43 Å². The Bertz CT molecular complexity index is 393. The zero-order valence-corrected chi connectivity index (χ0v) is 13.6. The van der Waals surface area contributed by atoms with Crippen LogP contribution in [0.1, 0.15) is 26.2 Å². The minimum Gasteiger partial charge on any atom is -0.545 e. The predicted octanol–water partition coefficient (Wildman–Crippen LogP) is 2.75. The summed E-state index contributed by atoms with van der Waals surface area (Å²) < 4.78 is 6.19. The van der Waals surface area contributed by atoms with E-state index >= 15 is 0 Å². The molecule has 0 radical (unpaired) electrons. The van der Waals surface area contributed by atoms with E-state index in [0.29, 0.717) is 0 Å². The minimum atomic E-state index is -1.08. The standard InChI is InChI=1S/C15H26N2OSi/c1-4-16-14-9-7-8-13(15(14)18-19(2)3)12-17-10-5-6-11-17/h7,9,12,16,19H,4-6,8,10-11H2,1-3H3. The van der Waals surface area contributed by atoms with Gasteiger partial charge in [0.15, 0.2) is 0 Å². The molecule has 0 atom stereocenters. The van der Waals surface area contributed by atoms with Crippen molar-refractivity contribution >= 4 is 9.04 Å². The molecule has 2 rings (SSSR count). The van der Waals surface area contributed by atoms with Crippen LogP contribution in [0.4, 0.5) is 0 Å². The maximum atomic E-state index is 6.19. The van der Waals surface area contributed by atoms with Crippen LogP contribution in [0.2, 0.25) is 13.1 Å². The van der Waals surface area contributed by atoms with Gasteiger partial charge in [-0.05, 0) is 45.4 Å². The Balaban J connectivity index is 2.22. The fourth-order valence-electron chi connectivity index (χ4n) is 2.55. The van der Waals surface area contributed by atoms with E-state index in [1.807, 2.05) is 0 Å². The molecule has 106 valence electrons. The third-order valence-corrected chi connectivity index (χ3v) is 4.07. The van der Waals surface area contributed by atoms with E-state index in [9.17, 15) is 0 Å². The number of hydrogen-bond acceptors (Lipinski definition) is 3. The number of rotatable bonds is 5. The van der Waals surface area contributed by atoms with Gasteiger partial charge in [0.25, 0.3) is 0 Å². The van der Waals surface area contributed by atoms with Crippen LogP contribution in [-0.4, -0.2) is 33.6 Å². The molecule has 0 bridgehead atoms. The smallest absolute Gasteiger partial charge is 0.229 e. The van der Waals surface area contributed by atoms with Crippen LogP contribution >= 0.6 is 0 Å². The fourth-order valence-corrected chi connectivity index (χ4v) is 3.30. The van der Waals surface area contributed by atoms with Crippen molar-refractivity contribution in [3.8, 4) is 0 Å². The Kier molecular flexibility index (Phi) is 5.13. The summed E-state index contributed by atoms with van der Waals surface area (Å²) in [6.45, 7) is 9.89. The molecule has 0 spiro atoms. The van der Waals surface area contributed by atoms with Gasteiger partial charge in [-0.2, -0.15) is 0 Å². The molecule has 0 unspecified atom stereocenters. The summed E-state index contributed by atoms with van der Waals surface area (Å²) >= 11 is 0. The van der Waals surface area contributed by atoms with Crippen molar-refractivity contribution in [2.45, 2.75) is 39.3 Å². The van der Waals surface area contributed by atoms with E-state index in [1.54, 1.807) is 0 Å². The SMILES string of the molecule is CCNC1=C(O[SiH](C)C)C(=CN2CCCC2)CC=C1. The molecule has 1 aliphatic heterocycles. The van der Waals surface area contributed by atoms with Crippen molar-refractivity contribution in [1.29, 1.82) is 0 Å². The van der Waals surface area contributed by atoms with Crippen molar-refractivity contribution < 1.29 is 4.43 Å². The van der Waals surface area contributed by atoms with Gasteiger partial charge in [-0.25, -0.2) is 0 Å². The molecule has 4 heteroatoms. The molecule has 1 N–H and O–H groups in total. The van der Waals surface area contributed by atoms with Gasteiger partial charge in [-0.3, -0.25) is 0 Å². The number of nitrogens with one attached hydrogen (secondary N) is 1. The second-order valence-electron chi connectivity index (χ2n) is 5.44. The Labute approximate surface area is 118 Å². The molecular weight excluding hydrogens is 252 g/mol. The Morgan fingerprint density at radius 3 is 2.74 bits per heavy atom. The normalized spacial score (nSPS) is 21.7. The van der Waals surface area contributed by atoms with Gasteiger partial charge in [0.2, 0.25) is 9.04 Å². The van der Waals surface area contributed by atoms with Gasteiger partial charge in [0.1, 0.15) is 5.76 Å². The fraction of sp³-hybridized carbons (Fsp3) is 0.600. The zero-order valence-electron chi connectivity index (χ0n) is 12.4. The minimum absolute atomic E-state index is 0.934. The molecule has 0 aromatic carbocycles. The van der Waals surface area contributed by atoms with Crippen LogP contribution in [0.3, 0.4) is 0 Å². The highest BCUT2D eigenvalue weighted by atomic mass is 28.3. The van der Waals surface area contributed by atoms with E-state index in [1.165, 1.54) is 31.5 Å². The highest BCUT2D eigenvalue weighted by Crippen LogP contribution is 2.26. The van der Waals surface area contributed by atoms with E-state index < -0.39 is 9.04 Å². The first kappa shape index (κ1) is 14.3. The number of likely N-dealkylation sites (tertiary alicyclic amines) is 1. The summed E-state index contributed by atoms with van der Waals surface area (Å²) in [6, 6.07) is 0. The van der Waals surface area contributed by atoms with Gasteiger partial charge in [0, 0.05) is 31.4 Å². The van der Waals surface area contributed by atoms with Crippen molar-refractivity contribution in [3.05, 3.63) is 35.4 Å². The average Bonchev–Trinajstić information content (AvgIpc) is 2.86. The summed E-state index contributed by atoms with van der Waals surface area (Å²) in [7, 11) is -1.08. The van der Waals surface area contributed by atoms with Gasteiger partial charge in [0.05, 0.1) is 5.70 Å². The zero-order chi connectivity index (χ0) is 13.7. The van der Waals surface area contributed by atoms with Crippen LogP contribution in [0, 0.1) is 0 Å². The summed E-state index contributed by atoms with van der Waals surface area (Å²) in [4.78, 5) is 2.43. The highest BCUT2D eigenvalue weighted by Gasteiger charge is 2.18. The first-order valence-corrected chi connectivity index (χ1v) is 10.2. The van der Waals surface area contributed by atoms with E-state index in [2.05, 4.69) is 48.6 Å². The Hall–Kier alpha value is -1.16. The summed E-state index contributed by atoms with van der Waals surface area (Å²) in [5.41, 5.74) is 2.49. The molecule has 1 fully saturated rings. The number of likely N-dealkylation sites (N-methyl/N-ethyl adjacent to an activating group) is 1. The molecule has 1 heterocycles. The van der Waals surface area contributed by atoms with Crippen molar-refractivity contribution in [2.75, 3.05) is 19.6 Å². The molecule has 2 aliphatic rings. The summed E-state index contributed by atoms with van der Waals surface area (Å²) in [5.74, 6) is 1.10. The maximum absolute atomic E-state index is 6.19. The topological polar surface area (TPSA) is 24.5 Å². The van der Waals surface area contributed by atoms with Gasteiger partial charge in [-0.1, -0.05) is 6.08 Å². The van der Waals surface area contributed by atoms with E-state index in [0.717, 1.165) is 24.4 Å². The maximum Gasteiger partial charge on any atom is 0.229 e. The Morgan fingerprint density at radius 1 is 1.37 bits per heavy atom. The third-order valence-electron chi connectivity index (χ3n) is 3.36. The lowest BCUT2D eigenvalue weighted by Gasteiger charge is -2.24. The number of allylic oxidation sites excluding steroid dienone is 3. The van der Waals surface area contributed by atoms with Crippen molar-refractivity contribution in [2.24, 2.45) is 0 Å². The van der Waals surface area contributed by atoms with Crippen molar-refractivity contribution in [3.63, 3.8) is 0 Å². The average molecular weight is 278 g/mol. The molecule has 0 aromatic heterocycles. The quantitative estimate of drug-likeness (QED) is 0.783. The monoisotopic (exact) mass is 278 g/mol. The number of nitrogens with zero attached hydrogens (tertiary/aromatic N) is 1. The third kappa shape index (κ3) is 3.90. The highest BCUT2D eigenvalue weighted by molar-refractivity contribution is 6.48. The molecule has 0 aromatic rings. The van der Waals surface area contributed by atoms with Crippen LogP contribution in [0.25, 0.3) is 0 Å².